The van der Waals surface area contributed by atoms with Crippen molar-refractivity contribution >= 4 is 11.4 Å². The number of hydrogen-bond donors (Lipinski definition) is 1. The predicted octanol–water partition coefficient (Wildman–Crippen LogP) is 3.67. The summed E-state index contributed by atoms with van der Waals surface area (Å²) in [5.41, 5.74) is 4.28. The van der Waals surface area contributed by atoms with Crippen molar-refractivity contribution in [2.75, 3.05) is 30.4 Å². The van der Waals surface area contributed by atoms with Crippen LogP contribution in [0.2, 0.25) is 0 Å². The minimum atomic E-state index is 1.12. The van der Waals surface area contributed by atoms with Gasteiger partial charge in [-0.3, -0.25) is 0 Å². The Hall–Kier alpha value is -1.18. The van der Waals surface area contributed by atoms with Crippen molar-refractivity contribution in [1.82, 2.24) is 0 Å². The van der Waals surface area contributed by atoms with Crippen molar-refractivity contribution in [1.29, 1.82) is 0 Å². The summed E-state index contributed by atoms with van der Waals surface area (Å²) in [7, 11) is 2.22. The first-order valence-electron chi connectivity index (χ1n) is 6.90. The molecule has 0 atom stereocenters. The van der Waals surface area contributed by atoms with Crippen LogP contribution in [0.25, 0.3) is 0 Å². The summed E-state index contributed by atoms with van der Waals surface area (Å²) in [6, 6.07) is 6.64. The Balaban J connectivity index is 2.09. The number of unbranched alkanes of at least 4 members (excludes halogenated alkanes) is 2. The molecule has 0 fully saturated rings. The lowest BCUT2D eigenvalue weighted by molar-refractivity contribution is 0.702. The van der Waals surface area contributed by atoms with Crippen molar-refractivity contribution in [3.8, 4) is 0 Å². The molecule has 2 rings (SSSR count). The Morgan fingerprint density at radius 2 is 2.18 bits per heavy atom. The van der Waals surface area contributed by atoms with Crippen LogP contribution in [-0.2, 0) is 6.42 Å². The Bertz CT molecular complexity index is 360. The third-order valence-corrected chi connectivity index (χ3v) is 3.58. The van der Waals surface area contributed by atoms with Crippen molar-refractivity contribution in [3.05, 3.63) is 23.8 Å². The van der Waals surface area contributed by atoms with E-state index in [1.54, 1.807) is 0 Å². The summed E-state index contributed by atoms with van der Waals surface area (Å²) in [5, 5.41) is 3.50. The number of rotatable bonds is 5. The first-order valence-corrected chi connectivity index (χ1v) is 6.90. The lowest BCUT2D eigenvalue weighted by atomic mass is 10.0. The zero-order chi connectivity index (χ0) is 12.1. The third-order valence-electron chi connectivity index (χ3n) is 3.58. The van der Waals surface area contributed by atoms with E-state index in [2.05, 4.69) is 42.4 Å². The van der Waals surface area contributed by atoms with E-state index >= 15 is 0 Å². The second kappa shape index (κ2) is 5.95. The van der Waals surface area contributed by atoms with Gasteiger partial charge in [-0.1, -0.05) is 25.8 Å². The molecule has 1 N–H and O–H groups in total. The van der Waals surface area contributed by atoms with Gasteiger partial charge in [0.1, 0.15) is 0 Å². The number of fused-ring (bicyclic) bond motifs is 1. The molecule has 0 saturated carbocycles. The molecular weight excluding hydrogens is 208 g/mol. The minimum Gasteiger partial charge on any atom is -0.385 e. The maximum absolute atomic E-state index is 3.50. The fourth-order valence-corrected chi connectivity index (χ4v) is 2.57. The number of nitrogens with one attached hydrogen (secondary N) is 1. The minimum absolute atomic E-state index is 1.12. The molecule has 2 nitrogen and oxygen atoms in total. The van der Waals surface area contributed by atoms with Crippen LogP contribution in [0.1, 0.15) is 38.2 Å². The molecule has 1 aromatic carbocycles. The largest absolute Gasteiger partial charge is 0.385 e. The van der Waals surface area contributed by atoms with E-state index in [1.807, 2.05) is 0 Å². The normalized spacial score (nSPS) is 14.0. The molecule has 0 spiro atoms. The summed E-state index contributed by atoms with van der Waals surface area (Å²) in [6.07, 6.45) is 6.40. The smallest absolute Gasteiger partial charge is 0.0416 e. The van der Waals surface area contributed by atoms with E-state index in [4.69, 9.17) is 0 Å². The highest BCUT2D eigenvalue weighted by atomic mass is 15.1. The van der Waals surface area contributed by atoms with Gasteiger partial charge in [0.15, 0.2) is 0 Å². The zero-order valence-electron chi connectivity index (χ0n) is 11.1. The fourth-order valence-electron chi connectivity index (χ4n) is 2.57. The average Bonchev–Trinajstić information content (AvgIpc) is 2.38. The van der Waals surface area contributed by atoms with Gasteiger partial charge in [0.05, 0.1) is 0 Å². The van der Waals surface area contributed by atoms with Gasteiger partial charge in [-0.25, -0.2) is 0 Å². The molecule has 0 aromatic heterocycles. The molecule has 0 aliphatic carbocycles. The quantitative estimate of drug-likeness (QED) is 0.779. The molecule has 1 aromatic rings. The highest BCUT2D eigenvalue weighted by molar-refractivity contribution is 5.67. The predicted molar refractivity (Wildman–Crippen MR) is 76.0 cm³/mol. The third kappa shape index (κ3) is 2.93. The van der Waals surface area contributed by atoms with Gasteiger partial charge in [0.2, 0.25) is 0 Å². The Morgan fingerprint density at radius 3 is 3.00 bits per heavy atom. The Kier molecular flexibility index (Phi) is 4.29. The van der Waals surface area contributed by atoms with E-state index in [1.165, 1.54) is 55.6 Å². The van der Waals surface area contributed by atoms with E-state index in [0.717, 1.165) is 6.54 Å². The van der Waals surface area contributed by atoms with Crippen molar-refractivity contribution < 1.29 is 0 Å². The molecule has 0 bridgehead atoms. The van der Waals surface area contributed by atoms with Crippen molar-refractivity contribution in [3.63, 3.8) is 0 Å². The molecule has 1 aliphatic heterocycles. The van der Waals surface area contributed by atoms with E-state index in [9.17, 15) is 0 Å². The second-order valence-electron chi connectivity index (χ2n) is 4.96. The SMILES string of the molecule is CCCCCN(C)c1cccc2c1CCCN2. The molecule has 0 amide bonds. The summed E-state index contributed by atoms with van der Waals surface area (Å²) >= 11 is 0. The zero-order valence-corrected chi connectivity index (χ0v) is 11.1. The first kappa shape index (κ1) is 12.3. The first-order chi connectivity index (χ1) is 8.33. The summed E-state index contributed by atoms with van der Waals surface area (Å²) < 4.78 is 0. The molecule has 94 valence electrons. The maximum Gasteiger partial charge on any atom is 0.0416 e. The molecular formula is C15H24N2. The number of hydrogen-bond acceptors (Lipinski definition) is 2. The lowest BCUT2D eigenvalue weighted by Gasteiger charge is -2.27. The molecule has 0 saturated heterocycles. The summed E-state index contributed by atoms with van der Waals surface area (Å²) in [4.78, 5) is 2.42. The lowest BCUT2D eigenvalue weighted by Crippen LogP contribution is -2.22. The van der Waals surface area contributed by atoms with Gasteiger partial charge in [0.25, 0.3) is 0 Å². The highest BCUT2D eigenvalue weighted by Gasteiger charge is 2.14. The van der Waals surface area contributed by atoms with Crippen LogP contribution in [0.5, 0.6) is 0 Å². The van der Waals surface area contributed by atoms with Gasteiger partial charge in [0, 0.05) is 31.5 Å². The van der Waals surface area contributed by atoms with Gasteiger partial charge >= 0.3 is 0 Å². The van der Waals surface area contributed by atoms with Crippen LogP contribution in [0.15, 0.2) is 18.2 Å². The van der Waals surface area contributed by atoms with Gasteiger partial charge < -0.3 is 10.2 Å². The molecule has 1 heterocycles. The second-order valence-corrected chi connectivity index (χ2v) is 4.96. The average molecular weight is 232 g/mol. The van der Waals surface area contributed by atoms with Crippen LogP contribution in [0.3, 0.4) is 0 Å². The molecule has 17 heavy (non-hydrogen) atoms. The van der Waals surface area contributed by atoms with Crippen LogP contribution in [0.4, 0.5) is 11.4 Å². The highest BCUT2D eigenvalue weighted by Crippen LogP contribution is 2.30. The monoisotopic (exact) mass is 232 g/mol. The number of nitrogens with zero attached hydrogens (tertiary/aromatic N) is 1. The maximum atomic E-state index is 3.50. The van der Waals surface area contributed by atoms with Crippen LogP contribution >= 0.6 is 0 Å². The fraction of sp³-hybridized carbons (Fsp3) is 0.600. The number of anilines is 2. The topological polar surface area (TPSA) is 15.3 Å². The van der Waals surface area contributed by atoms with Gasteiger partial charge in [-0.15, -0.1) is 0 Å². The molecule has 1 aliphatic rings. The standard InChI is InChI=1S/C15H24N2/c1-3-4-5-12-17(2)15-10-6-9-14-13(15)8-7-11-16-14/h6,9-10,16H,3-5,7-8,11-12H2,1-2H3. The number of benzene rings is 1. The Labute approximate surface area is 105 Å². The summed E-state index contributed by atoms with van der Waals surface area (Å²) in [6.45, 7) is 4.55. The molecule has 2 heteroatoms. The van der Waals surface area contributed by atoms with Crippen molar-refractivity contribution in [2.24, 2.45) is 0 Å². The van der Waals surface area contributed by atoms with Crippen molar-refractivity contribution in [2.45, 2.75) is 39.0 Å². The van der Waals surface area contributed by atoms with Gasteiger partial charge in [-0.05, 0) is 37.0 Å². The van der Waals surface area contributed by atoms with Crippen LogP contribution in [0, 0.1) is 0 Å². The van der Waals surface area contributed by atoms with E-state index < -0.39 is 0 Å². The van der Waals surface area contributed by atoms with Gasteiger partial charge in [-0.2, -0.15) is 0 Å². The molecule has 0 unspecified atom stereocenters. The van der Waals surface area contributed by atoms with Crippen LogP contribution in [-0.4, -0.2) is 20.1 Å². The van der Waals surface area contributed by atoms with Crippen LogP contribution < -0.4 is 10.2 Å². The van der Waals surface area contributed by atoms with E-state index in [0.29, 0.717) is 0 Å². The van der Waals surface area contributed by atoms with E-state index in [-0.39, 0.29) is 0 Å². The summed E-state index contributed by atoms with van der Waals surface area (Å²) in [5.74, 6) is 0. The molecule has 0 radical (unpaired) electrons. The Morgan fingerprint density at radius 1 is 1.29 bits per heavy atom.